The van der Waals surface area contributed by atoms with Crippen molar-refractivity contribution in [3.63, 3.8) is 0 Å². The number of halogens is 2. The van der Waals surface area contributed by atoms with Gasteiger partial charge in [0.05, 0.1) is 0 Å². The van der Waals surface area contributed by atoms with Crippen molar-refractivity contribution in [1.82, 2.24) is 10.6 Å². The van der Waals surface area contributed by atoms with Gasteiger partial charge < -0.3 is 20.5 Å². The third-order valence-electron chi connectivity index (χ3n) is 5.16. The minimum atomic E-state index is -1.28. The Kier molecular flexibility index (Phi) is 9.52. The summed E-state index contributed by atoms with van der Waals surface area (Å²) in [5, 5.41) is 15.5. The zero-order valence-electron chi connectivity index (χ0n) is 18.6. The van der Waals surface area contributed by atoms with E-state index in [0.29, 0.717) is 15.6 Å². The average Bonchev–Trinajstić information content (AvgIpc) is 2.84. The van der Waals surface area contributed by atoms with Crippen molar-refractivity contribution in [3.8, 4) is 0 Å². The highest BCUT2D eigenvalue weighted by Crippen LogP contribution is 2.22. The number of aliphatic carboxylic acids is 1. The van der Waals surface area contributed by atoms with E-state index in [-0.39, 0.29) is 19.4 Å². The van der Waals surface area contributed by atoms with Gasteiger partial charge in [0.15, 0.2) is 0 Å². The number of nitrogens with one attached hydrogen (secondary N) is 2. The number of hydrogen-bond acceptors (Lipinski definition) is 4. The van der Waals surface area contributed by atoms with Gasteiger partial charge in [-0.15, -0.1) is 0 Å². The van der Waals surface area contributed by atoms with Crippen LogP contribution in [0.15, 0.2) is 78.9 Å². The maximum absolute atomic E-state index is 13.1. The SMILES string of the molecule is O=C(N[C@@H](Cc1ccccc1)C(=O)N[C@H](Cc1ccc(Cl)cc1Cl)C(=O)O)OCc1ccccc1. The van der Waals surface area contributed by atoms with Crippen LogP contribution < -0.4 is 10.6 Å². The third kappa shape index (κ3) is 8.31. The van der Waals surface area contributed by atoms with Crippen LogP contribution in [0, 0.1) is 0 Å². The number of hydrogen-bond donors (Lipinski definition) is 3. The number of alkyl carbamates (subject to hydrolysis) is 1. The fraction of sp³-hybridized carbons (Fsp3) is 0.192. The fourth-order valence-electron chi connectivity index (χ4n) is 3.35. The van der Waals surface area contributed by atoms with Gasteiger partial charge in [-0.3, -0.25) is 4.79 Å². The summed E-state index contributed by atoms with van der Waals surface area (Å²) in [6.07, 6.45) is -0.716. The molecule has 0 saturated heterocycles. The lowest BCUT2D eigenvalue weighted by Crippen LogP contribution is -2.53. The Balaban J connectivity index is 1.71. The summed E-state index contributed by atoms with van der Waals surface area (Å²) in [5.74, 6) is -1.91. The van der Waals surface area contributed by atoms with Gasteiger partial charge in [0.25, 0.3) is 0 Å². The lowest BCUT2D eigenvalue weighted by atomic mass is 10.0. The lowest BCUT2D eigenvalue weighted by molar-refractivity contribution is -0.142. The number of carboxylic acids is 1. The van der Waals surface area contributed by atoms with Crippen LogP contribution in [-0.4, -0.2) is 35.2 Å². The predicted molar refractivity (Wildman–Crippen MR) is 133 cm³/mol. The van der Waals surface area contributed by atoms with E-state index in [1.165, 1.54) is 6.07 Å². The van der Waals surface area contributed by atoms with Crippen molar-refractivity contribution in [2.45, 2.75) is 31.5 Å². The van der Waals surface area contributed by atoms with E-state index in [1.54, 1.807) is 48.5 Å². The predicted octanol–water partition coefficient (Wildman–Crippen LogP) is 4.64. The maximum atomic E-state index is 13.1. The summed E-state index contributed by atoms with van der Waals surface area (Å²) in [5.41, 5.74) is 2.08. The summed E-state index contributed by atoms with van der Waals surface area (Å²) in [6.45, 7) is 0.0270. The Hall–Kier alpha value is -3.55. The second-order valence-corrected chi connectivity index (χ2v) is 8.63. The molecule has 0 unspecified atom stereocenters. The molecule has 0 aliphatic heterocycles. The summed E-state index contributed by atoms with van der Waals surface area (Å²) in [4.78, 5) is 37.4. The smallest absolute Gasteiger partial charge is 0.408 e. The van der Waals surface area contributed by atoms with Crippen molar-refractivity contribution < 1.29 is 24.2 Å². The van der Waals surface area contributed by atoms with E-state index in [2.05, 4.69) is 10.6 Å². The molecule has 3 N–H and O–H groups in total. The number of ether oxygens (including phenoxy) is 1. The highest BCUT2D eigenvalue weighted by molar-refractivity contribution is 6.35. The minimum Gasteiger partial charge on any atom is -0.480 e. The molecule has 0 aliphatic rings. The molecule has 7 nitrogen and oxygen atoms in total. The van der Waals surface area contributed by atoms with Crippen LogP contribution in [0.5, 0.6) is 0 Å². The Morgan fingerprint density at radius 2 is 1.43 bits per heavy atom. The first-order valence-corrected chi connectivity index (χ1v) is 11.6. The molecule has 0 saturated carbocycles. The first kappa shape index (κ1) is 26.1. The fourth-order valence-corrected chi connectivity index (χ4v) is 3.83. The molecule has 9 heteroatoms. The molecule has 0 bridgehead atoms. The van der Waals surface area contributed by atoms with Gasteiger partial charge >= 0.3 is 12.1 Å². The summed E-state index contributed by atoms with van der Waals surface area (Å²) in [6, 6.07) is 20.5. The number of benzene rings is 3. The van der Waals surface area contributed by atoms with Crippen LogP contribution in [0.25, 0.3) is 0 Å². The average molecular weight is 515 g/mol. The second kappa shape index (κ2) is 12.8. The molecule has 3 rings (SSSR count). The molecule has 182 valence electrons. The van der Waals surface area contributed by atoms with Crippen LogP contribution >= 0.6 is 23.2 Å². The topological polar surface area (TPSA) is 105 Å². The first-order chi connectivity index (χ1) is 16.8. The van der Waals surface area contributed by atoms with Crippen LogP contribution in [0.3, 0.4) is 0 Å². The van der Waals surface area contributed by atoms with Crippen LogP contribution in [-0.2, 0) is 33.8 Å². The largest absolute Gasteiger partial charge is 0.480 e. The van der Waals surface area contributed by atoms with E-state index in [4.69, 9.17) is 27.9 Å². The summed E-state index contributed by atoms with van der Waals surface area (Å²) in [7, 11) is 0. The number of carbonyl (C=O) groups is 3. The molecule has 0 aromatic heterocycles. The highest BCUT2D eigenvalue weighted by atomic mass is 35.5. The number of carboxylic acid groups (broad SMARTS) is 1. The van der Waals surface area contributed by atoms with E-state index in [9.17, 15) is 19.5 Å². The third-order valence-corrected chi connectivity index (χ3v) is 5.74. The quantitative estimate of drug-likeness (QED) is 0.365. The Labute approximate surface area is 213 Å². The number of rotatable bonds is 10. The van der Waals surface area contributed by atoms with Crippen molar-refractivity contribution in [2.75, 3.05) is 0 Å². The minimum absolute atomic E-state index is 0.0270. The molecule has 0 fully saturated rings. The summed E-state index contributed by atoms with van der Waals surface area (Å²) >= 11 is 12.1. The molecule has 0 spiro atoms. The van der Waals surface area contributed by atoms with Crippen molar-refractivity contribution in [2.24, 2.45) is 0 Å². The highest BCUT2D eigenvalue weighted by Gasteiger charge is 2.28. The van der Waals surface area contributed by atoms with E-state index in [1.807, 2.05) is 24.3 Å². The van der Waals surface area contributed by atoms with E-state index < -0.39 is 30.1 Å². The molecule has 2 amide bonds. The molecule has 0 heterocycles. The van der Waals surface area contributed by atoms with Crippen molar-refractivity contribution in [3.05, 3.63) is 106 Å². The summed E-state index contributed by atoms with van der Waals surface area (Å²) < 4.78 is 5.25. The zero-order chi connectivity index (χ0) is 25.2. The van der Waals surface area contributed by atoms with Gasteiger partial charge in [-0.05, 0) is 28.8 Å². The first-order valence-electron chi connectivity index (χ1n) is 10.8. The van der Waals surface area contributed by atoms with Crippen molar-refractivity contribution in [1.29, 1.82) is 0 Å². The monoisotopic (exact) mass is 514 g/mol. The number of carbonyl (C=O) groups excluding carboxylic acids is 2. The van der Waals surface area contributed by atoms with E-state index in [0.717, 1.165) is 11.1 Å². The Morgan fingerprint density at radius 1 is 0.800 bits per heavy atom. The molecule has 3 aromatic carbocycles. The van der Waals surface area contributed by atoms with Crippen LogP contribution in [0.2, 0.25) is 10.0 Å². The molecular weight excluding hydrogens is 491 g/mol. The van der Waals surface area contributed by atoms with Gasteiger partial charge in [0, 0.05) is 22.9 Å². The number of amides is 2. The van der Waals surface area contributed by atoms with Gasteiger partial charge in [0.2, 0.25) is 5.91 Å². The Bertz CT molecular complexity index is 1160. The normalized spacial score (nSPS) is 12.3. The van der Waals surface area contributed by atoms with Gasteiger partial charge in [0.1, 0.15) is 18.7 Å². The molecule has 35 heavy (non-hydrogen) atoms. The van der Waals surface area contributed by atoms with Gasteiger partial charge in [-0.2, -0.15) is 0 Å². The second-order valence-electron chi connectivity index (χ2n) is 7.79. The maximum Gasteiger partial charge on any atom is 0.408 e. The lowest BCUT2D eigenvalue weighted by Gasteiger charge is -2.22. The van der Waals surface area contributed by atoms with Crippen LogP contribution in [0.1, 0.15) is 16.7 Å². The van der Waals surface area contributed by atoms with Crippen molar-refractivity contribution >= 4 is 41.2 Å². The molecule has 3 aromatic rings. The molecule has 2 atom stereocenters. The Morgan fingerprint density at radius 3 is 2.03 bits per heavy atom. The molecule has 0 radical (unpaired) electrons. The standard InChI is InChI=1S/C26H24Cl2N2O5/c27-20-12-11-19(21(28)15-20)14-23(25(32)33)29-24(31)22(13-17-7-3-1-4-8-17)30-26(34)35-16-18-9-5-2-6-10-18/h1-12,15,22-23H,13-14,16H2,(H,29,31)(H,30,34)(H,32,33)/t22-,23+/m0/s1. The van der Waals surface area contributed by atoms with Crippen LogP contribution in [0.4, 0.5) is 4.79 Å². The van der Waals surface area contributed by atoms with E-state index >= 15 is 0 Å². The zero-order valence-corrected chi connectivity index (χ0v) is 20.1. The molecule has 0 aliphatic carbocycles. The van der Waals surface area contributed by atoms with Gasteiger partial charge in [-0.25, -0.2) is 9.59 Å². The molecular formula is C26H24Cl2N2O5. The van der Waals surface area contributed by atoms with Gasteiger partial charge in [-0.1, -0.05) is 89.9 Å².